The number of likely N-dealkylation sites (N-methyl/N-ethyl adjacent to an activating group) is 1. The minimum absolute atomic E-state index is 0.0378. The van der Waals surface area contributed by atoms with Gasteiger partial charge in [-0.2, -0.15) is 4.68 Å². The number of ether oxygens (including phenoxy) is 2. The Kier molecular flexibility index (Phi) is 10.3. The van der Waals surface area contributed by atoms with Gasteiger partial charge < -0.3 is 25.0 Å². The Morgan fingerprint density at radius 1 is 1.00 bits per heavy atom. The smallest absolute Gasteiger partial charge is 0.435 e. The van der Waals surface area contributed by atoms with Crippen molar-refractivity contribution >= 4 is 44.2 Å². The van der Waals surface area contributed by atoms with Crippen molar-refractivity contribution in [3.63, 3.8) is 0 Å². The molecule has 234 valence electrons. The Morgan fingerprint density at radius 3 is 2.39 bits per heavy atom. The fourth-order valence-corrected chi connectivity index (χ4v) is 5.73. The quantitative estimate of drug-likeness (QED) is 0.216. The van der Waals surface area contributed by atoms with Crippen LogP contribution in [0.4, 0.5) is 25.1 Å². The molecule has 3 aromatic carbocycles. The molecule has 0 aliphatic carbocycles. The minimum atomic E-state index is -4.40. The summed E-state index contributed by atoms with van der Waals surface area (Å²) in [5, 5.41) is 10.2. The first-order chi connectivity index (χ1) is 20.9. The summed E-state index contributed by atoms with van der Waals surface area (Å²) in [6.07, 6.45) is -0.109. The van der Waals surface area contributed by atoms with Crippen LogP contribution in [0.15, 0.2) is 64.4 Å². The molecule has 1 heterocycles. The topological polar surface area (TPSA) is 132 Å². The number of carbonyl (C=O) groups is 2. The third-order valence-electron chi connectivity index (χ3n) is 6.58. The van der Waals surface area contributed by atoms with Crippen molar-refractivity contribution in [3.8, 4) is 0 Å². The van der Waals surface area contributed by atoms with Gasteiger partial charge in [0.25, 0.3) is 5.91 Å². The first-order valence-corrected chi connectivity index (χ1v) is 15.2. The van der Waals surface area contributed by atoms with Gasteiger partial charge in [0.2, 0.25) is 9.84 Å². The summed E-state index contributed by atoms with van der Waals surface area (Å²) in [6.45, 7) is 3.26. The second kappa shape index (κ2) is 13.9. The number of aromatic nitrogens is 2. The molecule has 0 spiro atoms. The van der Waals surface area contributed by atoms with E-state index in [1.54, 1.807) is 20.1 Å². The predicted molar refractivity (Wildman–Crippen MR) is 161 cm³/mol. The van der Waals surface area contributed by atoms with Crippen LogP contribution in [-0.2, 0) is 25.7 Å². The zero-order valence-corrected chi connectivity index (χ0v) is 25.5. The molecule has 14 heteroatoms. The molecule has 0 bridgehead atoms. The molecule has 1 aromatic heterocycles. The predicted octanol–water partition coefficient (Wildman–Crippen LogP) is 4.57. The number of nitrogens with one attached hydrogen (secondary N) is 2. The summed E-state index contributed by atoms with van der Waals surface area (Å²) >= 11 is 0. The van der Waals surface area contributed by atoms with E-state index >= 15 is 0 Å². The van der Waals surface area contributed by atoms with Gasteiger partial charge in [-0.15, -0.1) is 5.10 Å². The second-order valence-electron chi connectivity index (χ2n) is 10.1. The SMILES string of the molecule is CCOC(=O)n1nc(NC(=O)c2ccc(CCN(C)C)cc2NCCOC)c2cc(S(=O)(=O)c3cc(F)cc(F)c3)ccc21. The molecular weight excluding hydrogens is 596 g/mol. The molecule has 0 aliphatic rings. The van der Waals surface area contributed by atoms with Crippen molar-refractivity contribution in [2.45, 2.75) is 23.1 Å². The first-order valence-electron chi connectivity index (χ1n) is 13.7. The molecule has 0 aliphatic heterocycles. The summed E-state index contributed by atoms with van der Waals surface area (Å²) in [7, 11) is 1.09. The largest absolute Gasteiger partial charge is 0.448 e. The molecule has 4 aromatic rings. The molecule has 0 fully saturated rings. The van der Waals surface area contributed by atoms with E-state index in [9.17, 15) is 26.8 Å². The highest BCUT2D eigenvalue weighted by Crippen LogP contribution is 2.31. The van der Waals surface area contributed by atoms with E-state index in [0.717, 1.165) is 23.2 Å². The summed E-state index contributed by atoms with van der Waals surface area (Å²) in [5.74, 6) is -2.83. The Hall–Kier alpha value is -4.40. The third kappa shape index (κ3) is 7.38. The first kappa shape index (κ1) is 32.5. The Balaban J connectivity index is 1.77. The lowest BCUT2D eigenvalue weighted by atomic mass is 10.1. The Bertz CT molecular complexity index is 1770. The second-order valence-corrected chi connectivity index (χ2v) is 12.0. The molecule has 44 heavy (non-hydrogen) atoms. The summed E-state index contributed by atoms with van der Waals surface area (Å²) in [4.78, 5) is 27.4. The lowest BCUT2D eigenvalue weighted by Gasteiger charge is -2.15. The van der Waals surface area contributed by atoms with E-state index in [4.69, 9.17) is 9.47 Å². The number of nitrogens with zero attached hydrogens (tertiary/aromatic N) is 3. The maximum atomic E-state index is 13.9. The lowest BCUT2D eigenvalue weighted by Crippen LogP contribution is -2.19. The molecule has 2 N–H and O–H groups in total. The monoisotopic (exact) mass is 629 g/mol. The number of methoxy groups -OCH3 is 1. The van der Waals surface area contributed by atoms with E-state index in [1.165, 1.54) is 18.2 Å². The van der Waals surface area contributed by atoms with Gasteiger partial charge in [0, 0.05) is 37.3 Å². The van der Waals surface area contributed by atoms with Crippen molar-refractivity contribution in [1.82, 2.24) is 14.7 Å². The number of halogens is 2. The van der Waals surface area contributed by atoms with Crippen LogP contribution in [-0.4, -0.2) is 82.6 Å². The molecule has 11 nitrogen and oxygen atoms in total. The number of hydrogen-bond acceptors (Lipinski definition) is 9. The van der Waals surface area contributed by atoms with Crippen LogP contribution in [0.3, 0.4) is 0 Å². The van der Waals surface area contributed by atoms with Gasteiger partial charge in [-0.25, -0.2) is 22.0 Å². The van der Waals surface area contributed by atoms with Crippen molar-refractivity contribution in [1.29, 1.82) is 0 Å². The highest BCUT2D eigenvalue weighted by molar-refractivity contribution is 7.91. The maximum absolute atomic E-state index is 13.9. The number of benzene rings is 3. The van der Waals surface area contributed by atoms with Crippen LogP contribution in [0.5, 0.6) is 0 Å². The van der Waals surface area contributed by atoms with E-state index in [-0.39, 0.29) is 33.8 Å². The molecule has 0 saturated carbocycles. The fraction of sp³-hybridized carbons (Fsp3) is 0.300. The van der Waals surface area contributed by atoms with Crippen LogP contribution in [0.1, 0.15) is 22.8 Å². The Labute approximate surface area is 253 Å². The molecule has 0 radical (unpaired) electrons. The van der Waals surface area contributed by atoms with E-state index in [2.05, 4.69) is 15.7 Å². The minimum Gasteiger partial charge on any atom is -0.448 e. The standard InChI is InChI=1S/C30H33F2N5O6S/c1-5-43-30(39)37-27-9-7-22(44(40,41)23-16-20(31)15-21(32)17-23)18-25(27)28(35-37)34-29(38)24-8-6-19(10-12-36(2)3)14-26(24)33-11-13-42-4/h6-9,14-18,33H,5,10-13H2,1-4H3,(H,34,35,38). The number of hydrogen-bond donors (Lipinski definition) is 2. The number of fused-ring (bicyclic) bond motifs is 1. The average Bonchev–Trinajstić information content (AvgIpc) is 3.33. The maximum Gasteiger partial charge on any atom is 0.435 e. The van der Waals surface area contributed by atoms with E-state index in [0.29, 0.717) is 37.0 Å². The zero-order valence-electron chi connectivity index (χ0n) is 24.7. The zero-order chi connectivity index (χ0) is 32.0. The number of amides is 1. The van der Waals surface area contributed by atoms with Gasteiger partial charge in [0.1, 0.15) is 11.6 Å². The average molecular weight is 630 g/mol. The number of carbonyl (C=O) groups excluding carboxylic acids is 2. The molecular formula is C30H33F2N5O6S. The van der Waals surface area contributed by atoms with Crippen molar-refractivity contribution in [2.75, 3.05) is 58.1 Å². The fourth-order valence-electron chi connectivity index (χ4n) is 4.41. The normalized spacial score (nSPS) is 11.6. The van der Waals surface area contributed by atoms with Crippen molar-refractivity contribution in [2.24, 2.45) is 0 Å². The number of sulfone groups is 1. The summed E-state index contributed by atoms with van der Waals surface area (Å²) < 4.78 is 65.5. The third-order valence-corrected chi connectivity index (χ3v) is 8.31. The highest BCUT2D eigenvalue weighted by atomic mass is 32.2. The summed E-state index contributed by atoms with van der Waals surface area (Å²) in [5.41, 5.74) is 1.95. The van der Waals surface area contributed by atoms with Gasteiger partial charge in [-0.3, -0.25) is 4.79 Å². The van der Waals surface area contributed by atoms with Crippen molar-refractivity contribution in [3.05, 3.63) is 77.4 Å². The van der Waals surface area contributed by atoms with Crippen LogP contribution in [0.2, 0.25) is 0 Å². The van der Waals surface area contributed by atoms with E-state index in [1.807, 2.05) is 31.1 Å². The highest BCUT2D eigenvalue weighted by Gasteiger charge is 2.25. The van der Waals surface area contributed by atoms with Crippen LogP contribution in [0.25, 0.3) is 10.9 Å². The van der Waals surface area contributed by atoms with Gasteiger partial charge in [0.05, 0.1) is 34.1 Å². The van der Waals surface area contributed by atoms with Gasteiger partial charge in [-0.05, 0) is 75.5 Å². The number of anilines is 2. The van der Waals surface area contributed by atoms with Gasteiger partial charge >= 0.3 is 6.09 Å². The molecule has 0 atom stereocenters. The lowest BCUT2D eigenvalue weighted by molar-refractivity contribution is 0.102. The van der Waals surface area contributed by atoms with Gasteiger partial charge in [0.15, 0.2) is 5.82 Å². The van der Waals surface area contributed by atoms with Crippen LogP contribution < -0.4 is 10.6 Å². The van der Waals surface area contributed by atoms with Crippen LogP contribution >= 0.6 is 0 Å². The molecule has 1 amide bonds. The number of rotatable bonds is 12. The Morgan fingerprint density at radius 2 is 1.73 bits per heavy atom. The van der Waals surface area contributed by atoms with Crippen LogP contribution in [0, 0.1) is 11.6 Å². The molecule has 0 unspecified atom stereocenters. The molecule has 0 saturated heterocycles. The summed E-state index contributed by atoms with van der Waals surface area (Å²) in [6, 6.07) is 11.0. The molecule has 4 rings (SSSR count). The van der Waals surface area contributed by atoms with Crippen molar-refractivity contribution < 1.29 is 36.3 Å². The van der Waals surface area contributed by atoms with E-state index < -0.39 is 38.4 Å². The van der Waals surface area contributed by atoms with Gasteiger partial charge in [-0.1, -0.05) is 6.07 Å².